The van der Waals surface area contributed by atoms with E-state index in [0.29, 0.717) is 0 Å². The van der Waals surface area contributed by atoms with Gasteiger partial charge in [-0.05, 0) is 48.8 Å². The van der Waals surface area contributed by atoms with E-state index in [1.165, 1.54) is 35.4 Å². The Labute approximate surface area is 111 Å². The zero-order valence-corrected chi connectivity index (χ0v) is 11.5. The molecule has 0 amide bonds. The van der Waals surface area contributed by atoms with Crippen LogP contribution in [0.2, 0.25) is 0 Å². The van der Waals surface area contributed by atoms with Gasteiger partial charge < -0.3 is 5.32 Å². The summed E-state index contributed by atoms with van der Waals surface area (Å²) in [7, 11) is 0. The van der Waals surface area contributed by atoms with E-state index in [-0.39, 0.29) is 0 Å². The van der Waals surface area contributed by atoms with Crippen molar-refractivity contribution in [3.8, 4) is 0 Å². The van der Waals surface area contributed by atoms with Gasteiger partial charge in [-0.1, -0.05) is 6.07 Å². The number of aryl methyl sites for hydroxylation is 2. The zero-order valence-electron chi connectivity index (χ0n) is 9.87. The first-order chi connectivity index (χ1) is 8.42. The number of hydrogen-bond donors (Lipinski definition) is 1. The third-order valence-electron chi connectivity index (χ3n) is 3.23. The number of nitrogens with one attached hydrogen (secondary N) is 1. The quantitative estimate of drug-likeness (QED) is 0.880. The summed E-state index contributed by atoms with van der Waals surface area (Å²) in [4.78, 5) is 4.57. The molecule has 0 atom stereocenters. The molecule has 17 heavy (non-hydrogen) atoms. The smallest absolute Gasteiger partial charge is 0.0303 e. The number of fused-ring (bicyclic) bond motifs is 1. The van der Waals surface area contributed by atoms with Crippen LogP contribution in [-0.4, -0.2) is 0 Å². The number of hydrogen-bond acceptors (Lipinski definition) is 3. The first-order valence-electron chi connectivity index (χ1n) is 6.25. The molecule has 0 bridgehead atoms. The van der Waals surface area contributed by atoms with Crippen molar-refractivity contribution < 1.29 is 0 Å². The van der Waals surface area contributed by atoms with Crippen LogP contribution >= 0.6 is 22.7 Å². The fourth-order valence-electron chi connectivity index (χ4n) is 2.36. The van der Waals surface area contributed by atoms with Crippen LogP contribution in [0.25, 0.3) is 0 Å². The van der Waals surface area contributed by atoms with Crippen LogP contribution in [0.4, 0.5) is 0 Å². The highest BCUT2D eigenvalue weighted by atomic mass is 32.1. The largest absolute Gasteiger partial charge is 0.307 e. The first kappa shape index (κ1) is 11.5. The Balaban J connectivity index is 1.56. The van der Waals surface area contributed by atoms with E-state index in [2.05, 4.69) is 28.9 Å². The van der Waals surface area contributed by atoms with Crippen LogP contribution in [0, 0.1) is 0 Å². The minimum absolute atomic E-state index is 1.00. The molecule has 2 aromatic heterocycles. The van der Waals surface area contributed by atoms with Gasteiger partial charge >= 0.3 is 0 Å². The van der Waals surface area contributed by atoms with Crippen molar-refractivity contribution in [3.05, 3.63) is 43.8 Å². The molecule has 0 spiro atoms. The molecule has 3 heteroatoms. The summed E-state index contributed by atoms with van der Waals surface area (Å²) >= 11 is 3.84. The topological polar surface area (TPSA) is 12.0 Å². The van der Waals surface area contributed by atoms with E-state index in [9.17, 15) is 0 Å². The molecule has 0 saturated heterocycles. The highest BCUT2D eigenvalue weighted by Gasteiger charge is 2.12. The summed E-state index contributed by atoms with van der Waals surface area (Å²) in [6, 6.07) is 6.73. The second kappa shape index (κ2) is 5.34. The van der Waals surface area contributed by atoms with Crippen molar-refractivity contribution in [2.24, 2.45) is 0 Å². The summed E-state index contributed by atoms with van der Waals surface area (Å²) in [6.45, 7) is 2.02. The van der Waals surface area contributed by atoms with E-state index in [1.807, 2.05) is 22.7 Å². The minimum Gasteiger partial charge on any atom is -0.307 e. The highest BCUT2D eigenvalue weighted by Crippen LogP contribution is 2.29. The molecule has 1 nitrogen and oxygen atoms in total. The second-order valence-electron chi connectivity index (χ2n) is 4.55. The van der Waals surface area contributed by atoms with Crippen molar-refractivity contribution in [2.45, 2.75) is 38.8 Å². The third-order valence-corrected chi connectivity index (χ3v) is 5.34. The molecule has 1 N–H and O–H groups in total. The van der Waals surface area contributed by atoms with Crippen LogP contribution in [0.15, 0.2) is 23.6 Å². The predicted molar refractivity (Wildman–Crippen MR) is 75.8 cm³/mol. The molecule has 0 unspecified atom stereocenters. The fourth-order valence-corrected chi connectivity index (χ4v) is 4.27. The van der Waals surface area contributed by atoms with Gasteiger partial charge in [0, 0.05) is 27.7 Å². The lowest BCUT2D eigenvalue weighted by Gasteiger charge is -2.08. The van der Waals surface area contributed by atoms with Gasteiger partial charge in [0.05, 0.1) is 0 Å². The molecule has 1 aliphatic carbocycles. The maximum atomic E-state index is 3.53. The molecule has 3 rings (SSSR count). The van der Waals surface area contributed by atoms with Crippen molar-refractivity contribution in [1.29, 1.82) is 0 Å². The lowest BCUT2D eigenvalue weighted by Crippen LogP contribution is -2.10. The summed E-state index contributed by atoms with van der Waals surface area (Å²) < 4.78 is 0. The Hall–Kier alpha value is -0.640. The fraction of sp³-hybridized carbons (Fsp3) is 0.429. The molecule has 90 valence electrons. The molecule has 0 aliphatic heterocycles. The van der Waals surface area contributed by atoms with Gasteiger partial charge in [0.25, 0.3) is 0 Å². The molecule has 2 heterocycles. The average molecular weight is 263 g/mol. The minimum atomic E-state index is 1.00. The molecule has 0 saturated carbocycles. The van der Waals surface area contributed by atoms with Gasteiger partial charge in [-0.25, -0.2) is 0 Å². The second-order valence-corrected chi connectivity index (χ2v) is 6.80. The summed E-state index contributed by atoms with van der Waals surface area (Å²) in [5.74, 6) is 0. The van der Waals surface area contributed by atoms with Gasteiger partial charge in [-0.2, -0.15) is 0 Å². The Morgan fingerprint density at radius 1 is 1.12 bits per heavy atom. The lowest BCUT2D eigenvalue weighted by molar-refractivity contribution is 0.694. The highest BCUT2D eigenvalue weighted by molar-refractivity contribution is 7.12. The summed E-state index contributed by atoms with van der Waals surface area (Å²) in [5, 5.41) is 5.67. The maximum absolute atomic E-state index is 3.53. The Morgan fingerprint density at radius 2 is 2.00 bits per heavy atom. The SMILES string of the molecule is c1csc(CNCc2cc3c(s2)CCCC3)c1. The lowest BCUT2D eigenvalue weighted by atomic mass is 9.99. The number of rotatable bonds is 4. The predicted octanol–water partition coefficient (Wildman–Crippen LogP) is 3.98. The zero-order chi connectivity index (χ0) is 11.5. The van der Waals surface area contributed by atoms with E-state index < -0.39 is 0 Å². The normalized spacial score (nSPS) is 14.8. The standard InChI is InChI=1S/C14H17NS2/c1-2-6-14-11(4-1)8-13(17-14)10-15-9-12-5-3-7-16-12/h3,5,7-8,15H,1-2,4,6,9-10H2. The van der Waals surface area contributed by atoms with E-state index >= 15 is 0 Å². The van der Waals surface area contributed by atoms with Crippen LogP contribution in [-0.2, 0) is 25.9 Å². The van der Waals surface area contributed by atoms with Crippen LogP contribution in [0.1, 0.15) is 33.0 Å². The van der Waals surface area contributed by atoms with E-state index in [0.717, 1.165) is 13.1 Å². The molecule has 1 aliphatic rings. The summed E-state index contributed by atoms with van der Waals surface area (Å²) in [5.41, 5.74) is 1.62. The van der Waals surface area contributed by atoms with Gasteiger partial charge in [0.2, 0.25) is 0 Å². The van der Waals surface area contributed by atoms with E-state index in [4.69, 9.17) is 0 Å². The number of thiophene rings is 2. The van der Waals surface area contributed by atoms with Gasteiger partial charge in [0.1, 0.15) is 0 Å². The Bertz CT molecular complexity index is 447. The van der Waals surface area contributed by atoms with Gasteiger partial charge in [-0.3, -0.25) is 0 Å². The molecule has 0 radical (unpaired) electrons. The van der Waals surface area contributed by atoms with E-state index in [1.54, 1.807) is 10.4 Å². The van der Waals surface area contributed by atoms with Gasteiger partial charge in [0.15, 0.2) is 0 Å². The van der Waals surface area contributed by atoms with Crippen molar-refractivity contribution in [1.82, 2.24) is 5.32 Å². The first-order valence-corrected chi connectivity index (χ1v) is 7.95. The third kappa shape index (κ3) is 2.79. The average Bonchev–Trinajstić information content (AvgIpc) is 2.96. The molecule has 2 aromatic rings. The van der Waals surface area contributed by atoms with Crippen molar-refractivity contribution >= 4 is 22.7 Å². The molecule has 0 aromatic carbocycles. The Morgan fingerprint density at radius 3 is 2.82 bits per heavy atom. The molecular weight excluding hydrogens is 246 g/mol. The van der Waals surface area contributed by atoms with Crippen LogP contribution < -0.4 is 5.32 Å². The van der Waals surface area contributed by atoms with Crippen LogP contribution in [0.5, 0.6) is 0 Å². The van der Waals surface area contributed by atoms with Crippen LogP contribution in [0.3, 0.4) is 0 Å². The maximum Gasteiger partial charge on any atom is 0.0303 e. The molecule has 0 fully saturated rings. The molecular formula is C14H17NS2. The van der Waals surface area contributed by atoms with Gasteiger partial charge in [-0.15, -0.1) is 22.7 Å². The van der Waals surface area contributed by atoms with Crippen molar-refractivity contribution in [3.63, 3.8) is 0 Å². The Kier molecular flexibility index (Phi) is 3.60. The van der Waals surface area contributed by atoms with Crippen molar-refractivity contribution in [2.75, 3.05) is 0 Å². The monoisotopic (exact) mass is 263 g/mol. The summed E-state index contributed by atoms with van der Waals surface area (Å²) in [6.07, 6.45) is 5.38.